The Morgan fingerprint density at radius 3 is 2.25 bits per heavy atom. The number of ether oxygens (including phenoxy) is 2. The molecule has 4 aliphatic heterocycles. The second-order valence-electron chi connectivity index (χ2n) is 15.7. The van der Waals surface area contributed by atoms with Gasteiger partial charge in [0.2, 0.25) is 14.3 Å². The monoisotopic (exact) mass is 767 g/mol. The van der Waals surface area contributed by atoms with E-state index in [1.54, 1.807) is 58.1 Å². The zero-order valence-electron chi connectivity index (χ0n) is 31.4. The number of aliphatic hydroxyl groups is 1. The van der Waals surface area contributed by atoms with Crippen molar-refractivity contribution >= 4 is 48.9 Å². The Balaban J connectivity index is 1.17. The van der Waals surface area contributed by atoms with Crippen molar-refractivity contribution < 1.29 is 33.1 Å². The Hall–Kier alpha value is -5.62. The lowest BCUT2D eigenvalue weighted by Gasteiger charge is -2.37. The van der Waals surface area contributed by atoms with E-state index in [2.05, 4.69) is 0 Å². The summed E-state index contributed by atoms with van der Waals surface area (Å²) < 4.78 is 30.2. The van der Waals surface area contributed by atoms with Gasteiger partial charge < -0.3 is 23.6 Å². The number of para-hydroxylation sites is 4. The molecule has 284 valence electrons. The van der Waals surface area contributed by atoms with E-state index in [0.29, 0.717) is 58.3 Å². The number of rotatable bonds is 6. The van der Waals surface area contributed by atoms with Crippen molar-refractivity contribution in [3.8, 4) is 11.5 Å². The van der Waals surface area contributed by atoms with Gasteiger partial charge in [-0.2, -0.15) is 0 Å². The highest BCUT2D eigenvalue weighted by molar-refractivity contribution is 6.72. The molecule has 5 atom stereocenters. The van der Waals surface area contributed by atoms with E-state index in [0.717, 1.165) is 11.1 Å². The lowest BCUT2D eigenvalue weighted by Crippen LogP contribution is -2.48. The third-order valence-electron chi connectivity index (χ3n) is 12.0. The molecule has 4 heterocycles. The fraction of sp³-hybridized carbons (Fsp3) is 0.267. The van der Waals surface area contributed by atoms with Gasteiger partial charge in [-0.15, -0.1) is 0 Å². The number of nitrogens with zero attached hydrogens (tertiary/aromatic N) is 3. The van der Waals surface area contributed by atoms with Crippen LogP contribution in [0.1, 0.15) is 40.4 Å². The highest BCUT2D eigenvalue weighted by Gasteiger charge is 2.67. The first-order valence-corrected chi connectivity index (χ1v) is 22.0. The number of halogens is 1. The smallest absolute Gasteiger partial charge is 0.268 e. The van der Waals surface area contributed by atoms with Gasteiger partial charge in [-0.3, -0.25) is 24.2 Å². The Morgan fingerprint density at radius 2 is 1.50 bits per heavy atom. The van der Waals surface area contributed by atoms with Crippen LogP contribution in [0.2, 0.25) is 18.6 Å². The normalized spacial score (nSPS) is 24.0. The number of carbonyl (C=O) groups is 3. The average molecular weight is 768 g/mol. The fourth-order valence-corrected chi connectivity index (χ4v) is 12.0. The number of amides is 3. The van der Waals surface area contributed by atoms with Crippen molar-refractivity contribution in [3.05, 3.63) is 144 Å². The van der Waals surface area contributed by atoms with Crippen molar-refractivity contribution in [2.75, 3.05) is 16.4 Å². The van der Waals surface area contributed by atoms with Gasteiger partial charge >= 0.3 is 0 Å². The van der Waals surface area contributed by atoms with Crippen LogP contribution in [0.4, 0.5) is 26.9 Å². The average Bonchev–Trinajstić information content (AvgIpc) is 3.58. The number of fused-ring (bicyclic) bond motifs is 5. The van der Waals surface area contributed by atoms with Crippen LogP contribution in [-0.4, -0.2) is 54.9 Å². The zero-order valence-corrected chi connectivity index (χ0v) is 32.4. The number of hydrogen-bond acceptors (Lipinski definition) is 6. The molecule has 9 nitrogen and oxygen atoms in total. The maximum Gasteiger partial charge on any atom is 0.268 e. The number of aliphatic hydroxyl groups excluding tert-OH is 1. The van der Waals surface area contributed by atoms with Gasteiger partial charge in [-0.1, -0.05) is 73.7 Å². The Bertz CT molecular complexity index is 2390. The summed E-state index contributed by atoms with van der Waals surface area (Å²) in [4.78, 5) is 49.0. The van der Waals surface area contributed by atoms with Crippen LogP contribution in [0.5, 0.6) is 11.5 Å². The number of anilines is 4. The molecule has 5 aromatic carbocycles. The van der Waals surface area contributed by atoms with Crippen molar-refractivity contribution in [2.24, 2.45) is 5.92 Å². The molecule has 1 fully saturated rings. The third kappa shape index (κ3) is 5.59. The molecule has 9 rings (SSSR count). The molecule has 0 radical (unpaired) electrons. The van der Waals surface area contributed by atoms with Crippen LogP contribution < -0.4 is 14.5 Å². The van der Waals surface area contributed by atoms with Crippen LogP contribution in [0, 0.1) is 5.92 Å². The minimum Gasteiger partial charge on any atom is -0.454 e. The first-order valence-electron chi connectivity index (χ1n) is 19.1. The maximum absolute atomic E-state index is 16.9. The molecule has 0 aliphatic carbocycles. The SMILES string of the molecule is C[C@@H]1[C@@H]([Si](C)(C)F)[C@H](CC(=O)N2Cc3ccccc3C[C@H]2CO)O[C@@]12C(=O)N(c1ccccc1)c1ccc(N3C(=O)c4ccccc4Oc4ccccc43)cc12. The van der Waals surface area contributed by atoms with Gasteiger partial charge in [0.15, 0.2) is 11.4 Å². The maximum atomic E-state index is 16.9. The van der Waals surface area contributed by atoms with Gasteiger partial charge in [0.05, 0.1) is 42.1 Å². The molecule has 1 spiro atoms. The summed E-state index contributed by atoms with van der Waals surface area (Å²) in [5.41, 5.74) is 2.70. The van der Waals surface area contributed by atoms with Gasteiger partial charge in [-0.25, -0.2) is 0 Å². The van der Waals surface area contributed by atoms with Gasteiger partial charge in [-0.05, 0) is 85.2 Å². The van der Waals surface area contributed by atoms with E-state index < -0.39 is 37.6 Å². The minimum absolute atomic E-state index is 0.157. The van der Waals surface area contributed by atoms with Gasteiger partial charge in [0, 0.05) is 34.9 Å². The molecule has 5 aromatic rings. The van der Waals surface area contributed by atoms with Crippen molar-refractivity contribution in [3.63, 3.8) is 0 Å². The third-order valence-corrected chi connectivity index (χ3v) is 14.5. The van der Waals surface area contributed by atoms with E-state index >= 15 is 8.90 Å². The molecule has 3 amide bonds. The van der Waals surface area contributed by atoms with E-state index in [1.165, 1.54) is 0 Å². The summed E-state index contributed by atoms with van der Waals surface area (Å²) in [6.45, 7) is 5.18. The molecule has 0 aromatic heterocycles. The Morgan fingerprint density at radius 1 is 0.821 bits per heavy atom. The van der Waals surface area contributed by atoms with E-state index in [4.69, 9.17) is 9.47 Å². The Kier molecular flexibility index (Phi) is 8.72. The summed E-state index contributed by atoms with van der Waals surface area (Å²) in [5.74, 6) is -0.731. The van der Waals surface area contributed by atoms with E-state index in [1.807, 2.05) is 97.9 Å². The van der Waals surface area contributed by atoms with Gasteiger partial charge in [0.1, 0.15) is 5.75 Å². The lowest BCUT2D eigenvalue weighted by atomic mass is 9.82. The zero-order chi connectivity index (χ0) is 38.9. The molecule has 56 heavy (non-hydrogen) atoms. The van der Waals surface area contributed by atoms with Crippen molar-refractivity contribution in [2.45, 2.75) is 62.7 Å². The standard InChI is InChI=1S/C45H42FN3O6Si/c1-28-42(56(2,3)46)40(25-41(51)47-26-30-14-8-7-13-29(30)23-33(47)27-50)55-45(28)35-24-32(21-22-36(35)49(44(45)53)31-15-5-4-6-16-31)48-37-18-10-12-20-39(37)54-38-19-11-9-17-34(38)43(48)52/h4-22,24,28,33,40,42,50H,23,25-27H2,1-3H3/t28-,33+,40+,42-,45+/m1/s1. The molecular formula is C45H42FN3O6Si. The fourth-order valence-electron chi connectivity index (χ4n) is 9.53. The van der Waals surface area contributed by atoms with Crippen LogP contribution in [0.25, 0.3) is 0 Å². The summed E-state index contributed by atoms with van der Waals surface area (Å²) >= 11 is 0. The Labute approximate surface area is 326 Å². The lowest BCUT2D eigenvalue weighted by molar-refractivity contribution is -0.150. The summed E-state index contributed by atoms with van der Waals surface area (Å²) in [5, 5.41) is 10.4. The minimum atomic E-state index is -3.64. The molecular weight excluding hydrogens is 726 g/mol. The van der Waals surface area contributed by atoms with E-state index in [9.17, 15) is 14.7 Å². The molecule has 1 N–H and O–H groups in total. The van der Waals surface area contributed by atoms with Crippen LogP contribution in [-0.2, 0) is 32.9 Å². The van der Waals surface area contributed by atoms with Crippen LogP contribution in [0.15, 0.2) is 121 Å². The number of hydrogen-bond donors (Lipinski definition) is 1. The highest BCUT2D eigenvalue weighted by atomic mass is 28.4. The molecule has 0 unspecified atom stereocenters. The van der Waals surface area contributed by atoms with Crippen molar-refractivity contribution in [1.82, 2.24) is 4.90 Å². The second kappa shape index (κ2) is 13.5. The first-order chi connectivity index (χ1) is 27.0. The quantitative estimate of drug-likeness (QED) is 0.137. The highest BCUT2D eigenvalue weighted by Crippen LogP contribution is 2.62. The second-order valence-corrected chi connectivity index (χ2v) is 19.5. The van der Waals surface area contributed by atoms with Crippen molar-refractivity contribution in [1.29, 1.82) is 0 Å². The van der Waals surface area contributed by atoms with Crippen LogP contribution in [0.3, 0.4) is 0 Å². The number of benzene rings is 5. The molecule has 4 aliphatic rings. The molecule has 0 saturated carbocycles. The predicted octanol–water partition coefficient (Wildman–Crippen LogP) is 8.56. The molecule has 1 saturated heterocycles. The topological polar surface area (TPSA) is 99.6 Å². The molecule has 11 heteroatoms. The largest absolute Gasteiger partial charge is 0.454 e. The summed E-state index contributed by atoms with van der Waals surface area (Å²) in [7, 11) is -3.64. The van der Waals surface area contributed by atoms with Crippen LogP contribution >= 0.6 is 0 Å². The first kappa shape index (κ1) is 36.0. The summed E-state index contributed by atoms with van der Waals surface area (Å²) in [6.07, 6.45) is -0.584. The van der Waals surface area contributed by atoms with Gasteiger partial charge in [0.25, 0.3) is 11.8 Å². The summed E-state index contributed by atoms with van der Waals surface area (Å²) in [6, 6.07) is 36.5. The predicted molar refractivity (Wildman–Crippen MR) is 214 cm³/mol. The number of carbonyl (C=O) groups excluding carboxylic acids is 3. The van der Waals surface area contributed by atoms with E-state index in [-0.39, 0.29) is 30.7 Å². The molecule has 0 bridgehead atoms.